The zero-order valence-corrected chi connectivity index (χ0v) is 26.8. The zero-order valence-electron chi connectivity index (χ0n) is 23.7. The van der Waals surface area contributed by atoms with E-state index >= 15 is 4.39 Å². The quantitative estimate of drug-likeness (QED) is 0.254. The van der Waals surface area contributed by atoms with Crippen molar-refractivity contribution in [2.45, 2.75) is 71.9 Å². The second-order valence-corrected chi connectivity index (χ2v) is 13.4. The van der Waals surface area contributed by atoms with Gasteiger partial charge >= 0.3 is 6.09 Å². The Morgan fingerprint density at radius 1 is 1.12 bits per heavy atom. The average Bonchev–Trinajstić information content (AvgIpc) is 3.44. The lowest BCUT2D eigenvalue weighted by molar-refractivity contribution is -0.0637. The Kier molecular flexibility index (Phi) is 9.31. The van der Waals surface area contributed by atoms with E-state index in [1.807, 2.05) is 13.8 Å². The summed E-state index contributed by atoms with van der Waals surface area (Å²) in [5.74, 6) is -0.333. The van der Waals surface area contributed by atoms with Crippen molar-refractivity contribution in [2.75, 3.05) is 13.2 Å². The molecule has 222 valence electrons. The summed E-state index contributed by atoms with van der Waals surface area (Å²) >= 11 is 20.5. The van der Waals surface area contributed by atoms with Crippen molar-refractivity contribution < 1.29 is 28.1 Å². The third-order valence-electron chi connectivity index (χ3n) is 5.87. The number of halogens is 4. The number of ether oxygens (including phenoxy) is 4. The van der Waals surface area contributed by atoms with Crippen LogP contribution in [0.1, 0.15) is 48.5 Å². The van der Waals surface area contributed by atoms with Crippen LogP contribution >= 0.6 is 46.1 Å². The van der Waals surface area contributed by atoms with Gasteiger partial charge in [0.1, 0.15) is 27.9 Å². The fraction of sp³-hybridized carbons (Fsp3) is 0.464. The van der Waals surface area contributed by atoms with Gasteiger partial charge in [-0.2, -0.15) is 0 Å². The van der Waals surface area contributed by atoms with Crippen LogP contribution in [0, 0.1) is 5.82 Å². The number of hydrogen-bond acceptors (Lipinski definition) is 8. The molecule has 4 rings (SSSR count). The topological polar surface area (TPSA) is 83.0 Å². The largest absolute Gasteiger partial charge is 0.488 e. The Morgan fingerprint density at radius 3 is 2.37 bits per heavy atom. The van der Waals surface area contributed by atoms with Crippen molar-refractivity contribution in [3.63, 3.8) is 0 Å². The SMILES string of the molecule is CC(C)Oc1c(Cl)cc(-c2nnc(-c3cc(F)c(OCC4COC(C)(C)N4C(=O)OC(C)(C)C)cc3Cl)s2)cc1Cl. The molecule has 1 fully saturated rings. The summed E-state index contributed by atoms with van der Waals surface area (Å²) in [6, 6.07) is 5.48. The molecule has 0 N–H and O–H groups in total. The van der Waals surface area contributed by atoms with Crippen LogP contribution in [-0.2, 0) is 9.47 Å². The Labute approximate surface area is 257 Å². The Morgan fingerprint density at radius 2 is 1.76 bits per heavy atom. The van der Waals surface area contributed by atoms with E-state index < -0.39 is 29.3 Å². The van der Waals surface area contributed by atoms with Crippen molar-refractivity contribution >= 4 is 52.2 Å². The van der Waals surface area contributed by atoms with Gasteiger partial charge in [-0.1, -0.05) is 46.1 Å². The Balaban J connectivity index is 1.51. The van der Waals surface area contributed by atoms with Gasteiger partial charge in [-0.15, -0.1) is 10.2 Å². The van der Waals surface area contributed by atoms with Gasteiger partial charge < -0.3 is 18.9 Å². The predicted octanol–water partition coefficient (Wildman–Crippen LogP) is 8.51. The molecule has 1 aromatic heterocycles. The maximum Gasteiger partial charge on any atom is 0.413 e. The van der Waals surface area contributed by atoms with Crippen LogP contribution in [0.2, 0.25) is 15.1 Å². The van der Waals surface area contributed by atoms with E-state index in [2.05, 4.69) is 10.2 Å². The monoisotopic (exact) mass is 645 g/mol. The highest BCUT2D eigenvalue weighted by atomic mass is 35.5. The molecule has 1 atom stereocenters. The first kappa shape index (κ1) is 31.6. The first-order chi connectivity index (χ1) is 19.1. The van der Waals surface area contributed by atoms with Gasteiger partial charge in [0, 0.05) is 17.2 Å². The van der Waals surface area contributed by atoms with Gasteiger partial charge in [-0.25, -0.2) is 9.18 Å². The summed E-state index contributed by atoms with van der Waals surface area (Å²) in [5, 5.41) is 10.2. The van der Waals surface area contributed by atoms with Crippen molar-refractivity contribution in [3.8, 4) is 32.6 Å². The van der Waals surface area contributed by atoms with E-state index in [-0.39, 0.29) is 30.1 Å². The number of hydrogen-bond donors (Lipinski definition) is 0. The molecule has 1 unspecified atom stereocenters. The highest BCUT2D eigenvalue weighted by Crippen LogP contribution is 2.41. The van der Waals surface area contributed by atoms with Gasteiger partial charge in [-0.05, 0) is 66.7 Å². The normalized spacial score (nSPS) is 16.8. The third kappa shape index (κ3) is 7.35. The van der Waals surface area contributed by atoms with Crippen LogP contribution in [0.15, 0.2) is 24.3 Å². The molecule has 8 nitrogen and oxygen atoms in total. The molecule has 1 aliphatic rings. The molecule has 3 aromatic rings. The third-order valence-corrected chi connectivity index (χ3v) is 7.75. The second kappa shape index (κ2) is 12.1. The molecule has 1 saturated heterocycles. The molecule has 1 amide bonds. The molecule has 1 aliphatic heterocycles. The fourth-order valence-corrected chi connectivity index (χ4v) is 5.89. The van der Waals surface area contributed by atoms with E-state index in [4.69, 9.17) is 53.8 Å². The number of aromatic nitrogens is 2. The molecule has 0 bridgehead atoms. The Hall–Kier alpha value is -2.37. The maximum absolute atomic E-state index is 15.2. The molecule has 41 heavy (non-hydrogen) atoms. The summed E-state index contributed by atoms with van der Waals surface area (Å²) in [6.45, 7) is 12.8. The summed E-state index contributed by atoms with van der Waals surface area (Å²) in [5.41, 5.74) is -0.626. The molecule has 0 saturated carbocycles. The van der Waals surface area contributed by atoms with E-state index in [1.54, 1.807) is 46.8 Å². The predicted molar refractivity (Wildman–Crippen MR) is 159 cm³/mol. The van der Waals surface area contributed by atoms with E-state index in [9.17, 15) is 4.79 Å². The van der Waals surface area contributed by atoms with Crippen molar-refractivity contribution in [1.82, 2.24) is 15.1 Å². The molecule has 0 spiro atoms. The maximum atomic E-state index is 15.2. The lowest BCUT2D eigenvalue weighted by Gasteiger charge is -2.35. The van der Waals surface area contributed by atoms with Gasteiger partial charge in [0.2, 0.25) is 0 Å². The minimum atomic E-state index is -0.915. The van der Waals surface area contributed by atoms with E-state index in [0.29, 0.717) is 36.9 Å². The number of nitrogens with zero attached hydrogens (tertiary/aromatic N) is 3. The number of carbonyl (C=O) groups is 1. The molecule has 2 aromatic carbocycles. The number of benzene rings is 2. The summed E-state index contributed by atoms with van der Waals surface area (Å²) in [6.07, 6.45) is -0.644. The molecular weight excluding hydrogens is 616 g/mol. The smallest absolute Gasteiger partial charge is 0.413 e. The molecule has 0 aliphatic carbocycles. The summed E-state index contributed by atoms with van der Waals surface area (Å²) in [7, 11) is 0. The van der Waals surface area contributed by atoms with Gasteiger partial charge in [-0.3, -0.25) is 4.90 Å². The minimum Gasteiger partial charge on any atom is -0.488 e. The summed E-state index contributed by atoms with van der Waals surface area (Å²) in [4.78, 5) is 14.3. The number of amides is 1. The van der Waals surface area contributed by atoms with E-state index in [1.165, 1.54) is 28.4 Å². The second-order valence-electron chi connectivity index (χ2n) is 11.2. The lowest BCUT2D eigenvalue weighted by atomic mass is 10.2. The Bertz CT molecular complexity index is 1420. The van der Waals surface area contributed by atoms with Crippen LogP contribution < -0.4 is 9.47 Å². The van der Waals surface area contributed by atoms with Crippen LogP contribution in [0.25, 0.3) is 21.1 Å². The van der Waals surface area contributed by atoms with Gasteiger partial charge in [0.15, 0.2) is 17.3 Å². The molecule has 0 radical (unpaired) electrons. The molecular formula is C28H31Cl3FN3O5S. The lowest BCUT2D eigenvalue weighted by Crippen LogP contribution is -2.51. The highest BCUT2D eigenvalue weighted by molar-refractivity contribution is 7.18. The van der Waals surface area contributed by atoms with Crippen molar-refractivity contribution in [1.29, 1.82) is 0 Å². The number of rotatable bonds is 7. The van der Waals surface area contributed by atoms with Gasteiger partial charge in [0.05, 0.1) is 33.8 Å². The van der Waals surface area contributed by atoms with Crippen molar-refractivity contribution in [3.05, 3.63) is 45.2 Å². The van der Waals surface area contributed by atoms with Crippen LogP contribution in [0.3, 0.4) is 0 Å². The minimum absolute atomic E-state index is 0.0315. The first-order valence-corrected chi connectivity index (χ1v) is 14.8. The molecule has 13 heteroatoms. The van der Waals surface area contributed by atoms with Crippen LogP contribution in [0.5, 0.6) is 11.5 Å². The summed E-state index contributed by atoms with van der Waals surface area (Å²) < 4.78 is 38.0. The molecule has 2 heterocycles. The van der Waals surface area contributed by atoms with Crippen LogP contribution in [-0.4, -0.2) is 57.9 Å². The first-order valence-electron chi connectivity index (χ1n) is 12.8. The standard InChI is InChI=1S/C28H31Cl3FN3O5S/c1-14(2)39-23-19(30)8-15(9-20(23)31)24-33-34-25(41-24)17-10-21(32)22(11-18(17)29)37-12-16-13-38-28(6,7)35(16)26(36)40-27(3,4)5/h8-11,14,16H,12-13H2,1-7H3. The zero-order chi connectivity index (χ0) is 30.3. The fourth-order valence-electron chi connectivity index (χ4n) is 4.16. The average molecular weight is 647 g/mol. The van der Waals surface area contributed by atoms with Gasteiger partial charge in [0.25, 0.3) is 0 Å². The van der Waals surface area contributed by atoms with Crippen molar-refractivity contribution in [2.24, 2.45) is 0 Å². The highest BCUT2D eigenvalue weighted by Gasteiger charge is 2.46. The van der Waals surface area contributed by atoms with Crippen LogP contribution in [0.4, 0.5) is 9.18 Å². The number of carbonyl (C=O) groups excluding carboxylic acids is 1. The van der Waals surface area contributed by atoms with E-state index in [0.717, 1.165) is 0 Å².